The van der Waals surface area contributed by atoms with Crippen LogP contribution in [0.5, 0.6) is 0 Å². The molecule has 0 spiro atoms. The molecule has 1 aliphatic rings. The number of amidine groups is 1. The van der Waals surface area contributed by atoms with Gasteiger partial charge >= 0.3 is 0 Å². The summed E-state index contributed by atoms with van der Waals surface area (Å²) in [6, 6.07) is 53.4. The fourth-order valence-corrected chi connectivity index (χ4v) is 7.66. The van der Waals surface area contributed by atoms with Crippen molar-refractivity contribution in [2.45, 2.75) is 26.1 Å². The lowest BCUT2D eigenvalue weighted by atomic mass is 9.89. The van der Waals surface area contributed by atoms with E-state index >= 15 is 0 Å². The van der Waals surface area contributed by atoms with E-state index in [1.165, 1.54) is 27.1 Å². The second-order valence-corrected chi connectivity index (χ2v) is 13.8. The van der Waals surface area contributed by atoms with Crippen LogP contribution >= 0.6 is 0 Å². The minimum absolute atomic E-state index is 0.419. The highest BCUT2D eigenvalue weighted by Gasteiger charge is 2.26. The number of fused-ring (bicyclic) bond motifs is 5. The van der Waals surface area contributed by atoms with Crippen molar-refractivity contribution in [1.29, 1.82) is 0 Å². The molecule has 0 amide bonds. The topological polar surface area (TPSA) is 63.5 Å². The number of aliphatic imine (C=N–C) groups is 1. The monoisotopic (exact) mass is 673 g/mol. The smallest absolute Gasteiger partial charge is 0.135 e. The summed E-state index contributed by atoms with van der Waals surface area (Å²) in [4.78, 5) is 5.24. The van der Waals surface area contributed by atoms with Crippen molar-refractivity contribution in [3.63, 3.8) is 0 Å². The molecule has 7 aromatic carbocycles. The van der Waals surface area contributed by atoms with E-state index in [2.05, 4.69) is 170 Å². The first kappa shape index (κ1) is 31.7. The van der Waals surface area contributed by atoms with Crippen molar-refractivity contribution < 1.29 is 4.42 Å². The van der Waals surface area contributed by atoms with E-state index in [4.69, 9.17) is 15.1 Å². The average molecular weight is 674 g/mol. The highest BCUT2D eigenvalue weighted by molar-refractivity contribution is 6.02. The van der Waals surface area contributed by atoms with Crippen molar-refractivity contribution in [2.24, 2.45) is 16.6 Å². The third-order valence-corrected chi connectivity index (χ3v) is 10.3. The van der Waals surface area contributed by atoms with Crippen LogP contribution in [-0.4, -0.2) is 5.84 Å². The summed E-state index contributed by atoms with van der Waals surface area (Å²) in [5, 5.41) is 9.65. The maximum absolute atomic E-state index is 7.33. The van der Waals surface area contributed by atoms with Crippen molar-refractivity contribution in [3.05, 3.63) is 186 Å². The molecule has 0 fully saturated rings. The van der Waals surface area contributed by atoms with Crippen LogP contribution in [0, 0.1) is 5.92 Å². The third-order valence-electron chi connectivity index (χ3n) is 10.3. The Balaban J connectivity index is 1.15. The molecule has 3 N–H and O–H groups in total. The van der Waals surface area contributed by atoms with E-state index in [1.807, 2.05) is 6.07 Å². The molecule has 0 radical (unpaired) electrons. The zero-order valence-corrected chi connectivity index (χ0v) is 29.1. The van der Waals surface area contributed by atoms with Crippen LogP contribution in [0.15, 0.2) is 167 Å². The first-order valence-electron chi connectivity index (χ1n) is 18.0. The molecule has 2 atom stereocenters. The van der Waals surface area contributed by atoms with E-state index in [0.29, 0.717) is 12.5 Å². The normalized spacial score (nSPS) is 14.9. The summed E-state index contributed by atoms with van der Waals surface area (Å²) in [5.41, 5.74) is 16.9. The number of nitrogens with one attached hydrogen (secondary N) is 1. The second-order valence-electron chi connectivity index (χ2n) is 13.8. The Morgan fingerprint density at radius 3 is 2.31 bits per heavy atom. The number of nitrogens with zero attached hydrogens (tertiary/aromatic N) is 1. The standard InChI is InChI=1S/C48H39N3O/c1-31-18-25-42-44(28-31)52-43-27-26-41(35-11-3-2-4-12-35)46(45(42)43)47(49)51-48(50-30-32-19-20-33-10-5-6-14-38(33)29-32)37-23-21-36(22-24-37)40-17-9-15-34-13-7-8-16-39(34)40/h2-27,29,31,47H,28,30,49H2,1H3,(H,50,51). The molecule has 4 heteroatoms. The molecule has 0 bridgehead atoms. The van der Waals surface area contributed by atoms with Gasteiger partial charge in [0.1, 0.15) is 23.3 Å². The van der Waals surface area contributed by atoms with Crippen LogP contribution in [0.2, 0.25) is 0 Å². The molecule has 2 unspecified atom stereocenters. The van der Waals surface area contributed by atoms with Gasteiger partial charge in [-0.05, 0) is 67.4 Å². The Morgan fingerprint density at radius 2 is 1.46 bits per heavy atom. The molecule has 4 nitrogen and oxygen atoms in total. The predicted molar refractivity (Wildman–Crippen MR) is 217 cm³/mol. The van der Waals surface area contributed by atoms with E-state index in [0.717, 1.165) is 67.9 Å². The van der Waals surface area contributed by atoms with Crippen LogP contribution < -0.4 is 11.1 Å². The minimum atomic E-state index is -0.582. The summed E-state index contributed by atoms with van der Waals surface area (Å²) < 4.78 is 6.49. The van der Waals surface area contributed by atoms with Crippen molar-refractivity contribution in [2.75, 3.05) is 0 Å². The molecule has 0 aliphatic heterocycles. The van der Waals surface area contributed by atoms with E-state index in [1.54, 1.807) is 0 Å². The van der Waals surface area contributed by atoms with Gasteiger partial charge < -0.3 is 15.5 Å². The zero-order valence-electron chi connectivity index (χ0n) is 29.1. The van der Waals surface area contributed by atoms with Crippen molar-refractivity contribution >= 4 is 44.4 Å². The number of furan rings is 1. The minimum Gasteiger partial charge on any atom is -0.460 e. The summed E-state index contributed by atoms with van der Waals surface area (Å²) in [6.45, 7) is 2.72. The van der Waals surface area contributed by atoms with Gasteiger partial charge in [0.15, 0.2) is 0 Å². The van der Waals surface area contributed by atoms with Crippen molar-refractivity contribution in [3.8, 4) is 22.3 Å². The van der Waals surface area contributed by atoms with Gasteiger partial charge in [-0.3, -0.25) is 4.99 Å². The number of hydrogen-bond donors (Lipinski definition) is 2. The van der Waals surface area contributed by atoms with E-state index in [9.17, 15) is 0 Å². The quantitative estimate of drug-likeness (QED) is 0.101. The van der Waals surface area contributed by atoms with Crippen molar-refractivity contribution in [1.82, 2.24) is 5.32 Å². The van der Waals surface area contributed by atoms with Crippen LogP contribution in [0.1, 0.15) is 41.1 Å². The van der Waals surface area contributed by atoms with Gasteiger partial charge in [0.05, 0.1) is 6.54 Å². The lowest BCUT2D eigenvalue weighted by Gasteiger charge is -2.22. The third kappa shape index (κ3) is 5.97. The fourth-order valence-electron chi connectivity index (χ4n) is 7.66. The number of hydrogen-bond acceptors (Lipinski definition) is 3. The van der Waals surface area contributed by atoms with Gasteiger partial charge in [-0.1, -0.05) is 159 Å². The summed E-state index contributed by atoms with van der Waals surface area (Å²) in [5.74, 6) is 2.17. The van der Waals surface area contributed by atoms with Crippen LogP contribution in [0.4, 0.5) is 0 Å². The first-order chi connectivity index (χ1) is 25.6. The number of benzene rings is 7. The first-order valence-corrected chi connectivity index (χ1v) is 18.0. The summed E-state index contributed by atoms with van der Waals surface area (Å²) in [6.07, 6.45) is 4.76. The second kappa shape index (κ2) is 13.5. The molecular weight excluding hydrogens is 635 g/mol. The molecule has 8 aromatic rings. The summed E-state index contributed by atoms with van der Waals surface area (Å²) >= 11 is 0. The van der Waals surface area contributed by atoms with Crippen LogP contribution in [-0.2, 0) is 13.0 Å². The van der Waals surface area contributed by atoms with Gasteiger partial charge in [0.25, 0.3) is 0 Å². The Kier molecular flexibility index (Phi) is 8.22. The lowest BCUT2D eigenvalue weighted by Crippen LogP contribution is -2.35. The summed E-state index contributed by atoms with van der Waals surface area (Å²) in [7, 11) is 0. The fraction of sp³-hybridized carbons (Fsp3) is 0.104. The molecule has 1 heterocycles. The average Bonchev–Trinajstić information content (AvgIpc) is 3.56. The highest BCUT2D eigenvalue weighted by atomic mass is 16.3. The Hall–Kier alpha value is -6.23. The largest absolute Gasteiger partial charge is 0.460 e. The number of nitrogens with two attached hydrogens (primary N) is 1. The Bertz CT molecular complexity index is 2630. The van der Waals surface area contributed by atoms with E-state index in [-0.39, 0.29) is 0 Å². The van der Waals surface area contributed by atoms with Crippen LogP contribution in [0.25, 0.3) is 60.8 Å². The molecule has 0 saturated heterocycles. The molecule has 1 aromatic heterocycles. The molecule has 0 saturated carbocycles. The van der Waals surface area contributed by atoms with Crippen LogP contribution in [0.3, 0.4) is 0 Å². The van der Waals surface area contributed by atoms with E-state index < -0.39 is 6.17 Å². The maximum Gasteiger partial charge on any atom is 0.135 e. The number of allylic oxidation sites excluding steroid dienone is 1. The molecule has 9 rings (SSSR count). The Morgan fingerprint density at radius 1 is 0.731 bits per heavy atom. The Labute approximate surface area is 304 Å². The van der Waals surface area contributed by atoms with Gasteiger partial charge in [0.2, 0.25) is 0 Å². The van der Waals surface area contributed by atoms with Gasteiger partial charge in [0, 0.05) is 28.5 Å². The zero-order chi connectivity index (χ0) is 35.0. The molecule has 52 heavy (non-hydrogen) atoms. The van der Waals surface area contributed by atoms with Gasteiger partial charge in [-0.25, -0.2) is 0 Å². The molecular formula is C48H39N3O. The van der Waals surface area contributed by atoms with Gasteiger partial charge in [-0.2, -0.15) is 0 Å². The van der Waals surface area contributed by atoms with Gasteiger partial charge in [-0.15, -0.1) is 0 Å². The SMILES string of the molecule is CC1C=Cc2c(oc3ccc(-c4ccccc4)c(C(N)NC(=NCc4ccc5ccccc5c4)c4ccc(-c5cccc6ccccc56)cc4)c23)C1. The molecule has 252 valence electrons. The maximum atomic E-state index is 7.33. The highest BCUT2D eigenvalue weighted by Crippen LogP contribution is 2.41. The lowest BCUT2D eigenvalue weighted by molar-refractivity contribution is 0.513. The predicted octanol–water partition coefficient (Wildman–Crippen LogP) is 11.5. The molecule has 1 aliphatic carbocycles. The number of rotatable bonds is 7.